The summed E-state index contributed by atoms with van der Waals surface area (Å²) in [6.07, 6.45) is 3.28. The van der Waals surface area contributed by atoms with Crippen LogP contribution in [0.25, 0.3) is 0 Å². The predicted molar refractivity (Wildman–Crippen MR) is 144 cm³/mol. The Morgan fingerprint density at radius 1 is 0.886 bits per heavy atom. The molecule has 6 nitrogen and oxygen atoms in total. The molecular formula is C28H31N3O3S. The Labute approximate surface area is 212 Å². The van der Waals surface area contributed by atoms with Gasteiger partial charge in [0.1, 0.15) is 5.75 Å². The highest BCUT2D eigenvalue weighted by Gasteiger charge is 2.13. The Morgan fingerprint density at radius 2 is 1.63 bits per heavy atom. The van der Waals surface area contributed by atoms with Crippen molar-refractivity contribution in [3.05, 3.63) is 95.6 Å². The van der Waals surface area contributed by atoms with Gasteiger partial charge < -0.3 is 15.4 Å². The average molecular weight is 490 g/mol. The molecule has 1 atom stereocenters. The Hall–Kier alpha value is -3.71. The number of unbranched alkanes of at least 4 members (excludes halogenated alkanes) is 2. The Morgan fingerprint density at radius 3 is 2.34 bits per heavy atom. The molecule has 0 spiro atoms. The Balaban J connectivity index is 1.52. The average Bonchev–Trinajstić information content (AvgIpc) is 2.87. The molecule has 0 bridgehead atoms. The molecule has 3 rings (SSSR count). The highest BCUT2D eigenvalue weighted by Crippen LogP contribution is 2.16. The van der Waals surface area contributed by atoms with Gasteiger partial charge in [0.15, 0.2) is 5.11 Å². The molecular weight excluding hydrogens is 458 g/mol. The largest absolute Gasteiger partial charge is 0.494 e. The van der Waals surface area contributed by atoms with E-state index in [9.17, 15) is 9.59 Å². The van der Waals surface area contributed by atoms with Crippen molar-refractivity contribution in [2.75, 3.05) is 11.9 Å². The molecule has 7 heteroatoms. The van der Waals surface area contributed by atoms with E-state index >= 15 is 0 Å². The summed E-state index contributed by atoms with van der Waals surface area (Å²) >= 11 is 5.29. The van der Waals surface area contributed by atoms with Gasteiger partial charge >= 0.3 is 0 Å². The van der Waals surface area contributed by atoms with Crippen LogP contribution >= 0.6 is 12.2 Å². The summed E-state index contributed by atoms with van der Waals surface area (Å²) in [7, 11) is 0. The lowest BCUT2D eigenvalue weighted by Crippen LogP contribution is -2.34. The van der Waals surface area contributed by atoms with Crippen LogP contribution in [0.5, 0.6) is 5.75 Å². The quantitative estimate of drug-likeness (QED) is 0.245. The van der Waals surface area contributed by atoms with E-state index in [0.717, 1.165) is 30.6 Å². The van der Waals surface area contributed by atoms with Crippen LogP contribution in [0.3, 0.4) is 0 Å². The third-order valence-electron chi connectivity index (χ3n) is 5.39. The van der Waals surface area contributed by atoms with E-state index in [0.29, 0.717) is 23.4 Å². The second-order valence-electron chi connectivity index (χ2n) is 8.17. The van der Waals surface area contributed by atoms with Gasteiger partial charge in [-0.25, -0.2) is 0 Å². The fraction of sp³-hybridized carbons (Fsp3) is 0.250. The lowest BCUT2D eigenvalue weighted by atomic mass is 10.1. The van der Waals surface area contributed by atoms with Gasteiger partial charge in [0.05, 0.1) is 12.6 Å². The smallest absolute Gasteiger partial charge is 0.257 e. The number of nitrogens with one attached hydrogen (secondary N) is 3. The maximum absolute atomic E-state index is 12.7. The maximum Gasteiger partial charge on any atom is 0.257 e. The zero-order valence-corrected chi connectivity index (χ0v) is 20.9. The fourth-order valence-electron chi connectivity index (χ4n) is 3.43. The van der Waals surface area contributed by atoms with Crippen molar-refractivity contribution in [2.45, 2.75) is 39.2 Å². The molecule has 182 valence electrons. The topological polar surface area (TPSA) is 79.5 Å². The van der Waals surface area contributed by atoms with Gasteiger partial charge in [-0.1, -0.05) is 56.2 Å². The minimum absolute atomic E-state index is 0.131. The summed E-state index contributed by atoms with van der Waals surface area (Å²) in [5.41, 5.74) is 2.58. The van der Waals surface area contributed by atoms with E-state index in [-0.39, 0.29) is 23.0 Å². The normalized spacial score (nSPS) is 11.3. The number of benzene rings is 3. The minimum Gasteiger partial charge on any atom is -0.494 e. The number of amides is 2. The Kier molecular flexibility index (Phi) is 9.80. The van der Waals surface area contributed by atoms with E-state index in [2.05, 4.69) is 22.9 Å². The van der Waals surface area contributed by atoms with Crippen LogP contribution in [0.1, 0.15) is 65.4 Å². The van der Waals surface area contributed by atoms with Crippen molar-refractivity contribution >= 4 is 34.8 Å². The highest BCUT2D eigenvalue weighted by molar-refractivity contribution is 7.80. The first-order valence-corrected chi connectivity index (χ1v) is 12.2. The number of thiocarbonyl (C=S) groups is 1. The van der Waals surface area contributed by atoms with Gasteiger partial charge in [-0.05, 0) is 73.6 Å². The van der Waals surface area contributed by atoms with Crippen LogP contribution in [-0.2, 0) is 0 Å². The third-order valence-corrected chi connectivity index (χ3v) is 5.59. The molecule has 3 aromatic carbocycles. The van der Waals surface area contributed by atoms with Crippen LogP contribution in [0, 0.1) is 0 Å². The molecule has 2 amide bonds. The van der Waals surface area contributed by atoms with Crippen LogP contribution in [-0.4, -0.2) is 23.5 Å². The lowest BCUT2D eigenvalue weighted by Gasteiger charge is -2.15. The first-order valence-electron chi connectivity index (χ1n) is 11.8. The number of hydrogen-bond acceptors (Lipinski definition) is 4. The van der Waals surface area contributed by atoms with Crippen LogP contribution < -0.4 is 20.7 Å². The molecule has 0 saturated heterocycles. The van der Waals surface area contributed by atoms with Gasteiger partial charge in [-0.3, -0.25) is 14.9 Å². The van der Waals surface area contributed by atoms with Crippen LogP contribution in [0.2, 0.25) is 0 Å². The van der Waals surface area contributed by atoms with Crippen LogP contribution in [0.4, 0.5) is 5.69 Å². The van der Waals surface area contributed by atoms with Crippen molar-refractivity contribution in [1.82, 2.24) is 10.6 Å². The van der Waals surface area contributed by atoms with Gasteiger partial charge in [0.2, 0.25) is 0 Å². The van der Waals surface area contributed by atoms with Gasteiger partial charge in [0, 0.05) is 16.8 Å². The fourth-order valence-corrected chi connectivity index (χ4v) is 3.64. The number of hydrogen-bond donors (Lipinski definition) is 3. The van der Waals surface area contributed by atoms with E-state index in [1.807, 2.05) is 37.3 Å². The van der Waals surface area contributed by atoms with E-state index in [1.165, 1.54) is 0 Å². The van der Waals surface area contributed by atoms with Gasteiger partial charge in [0.25, 0.3) is 11.8 Å². The molecule has 0 radical (unpaired) electrons. The van der Waals surface area contributed by atoms with Crippen molar-refractivity contribution in [3.63, 3.8) is 0 Å². The molecule has 0 aromatic heterocycles. The summed E-state index contributed by atoms with van der Waals surface area (Å²) in [5, 5.41) is 8.77. The van der Waals surface area contributed by atoms with Crippen LogP contribution in [0.15, 0.2) is 78.9 Å². The number of carbonyl (C=O) groups excluding carboxylic acids is 2. The van der Waals surface area contributed by atoms with E-state index in [4.69, 9.17) is 17.0 Å². The zero-order chi connectivity index (χ0) is 25.0. The third kappa shape index (κ3) is 8.22. The van der Waals surface area contributed by atoms with Gasteiger partial charge in [-0.15, -0.1) is 0 Å². The van der Waals surface area contributed by atoms with Crippen molar-refractivity contribution in [1.29, 1.82) is 0 Å². The molecule has 35 heavy (non-hydrogen) atoms. The SMILES string of the molecule is CCCCCOc1ccc(C(=O)NC(=S)Nc2cccc(C(=O)NC(C)c3ccccc3)c2)cc1. The van der Waals surface area contributed by atoms with Crippen molar-refractivity contribution < 1.29 is 14.3 Å². The number of ether oxygens (including phenoxy) is 1. The summed E-state index contributed by atoms with van der Waals surface area (Å²) in [4.78, 5) is 25.2. The molecule has 3 N–H and O–H groups in total. The summed E-state index contributed by atoms with van der Waals surface area (Å²) < 4.78 is 5.68. The first-order chi connectivity index (χ1) is 17.0. The Bertz CT molecular complexity index is 1130. The lowest BCUT2D eigenvalue weighted by molar-refractivity contribution is 0.0938. The summed E-state index contributed by atoms with van der Waals surface area (Å²) in [6, 6.07) is 23.5. The molecule has 0 aliphatic rings. The predicted octanol–water partition coefficient (Wildman–Crippen LogP) is 5.87. The van der Waals surface area contributed by atoms with E-state index < -0.39 is 0 Å². The molecule has 0 aliphatic carbocycles. The van der Waals surface area contributed by atoms with Crippen molar-refractivity contribution in [2.24, 2.45) is 0 Å². The number of anilines is 1. The second kappa shape index (κ2) is 13.2. The first kappa shape index (κ1) is 25.9. The van der Waals surface area contributed by atoms with Gasteiger partial charge in [-0.2, -0.15) is 0 Å². The minimum atomic E-state index is -0.328. The molecule has 1 unspecified atom stereocenters. The molecule has 0 aliphatic heterocycles. The zero-order valence-electron chi connectivity index (χ0n) is 20.0. The molecule has 0 heterocycles. The molecule has 0 saturated carbocycles. The number of rotatable bonds is 10. The van der Waals surface area contributed by atoms with E-state index in [1.54, 1.807) is 48.5 Å². The second-order valence-corrected chi connectivity index (χ2v) is 8.58. The molecule has 3 aromatic rings. The summed E-state index contributed by atoms with van der Waals surface area (Å²) in [5.74, 6) is 0.206. The monoisotopic (exact) mass is 489 g/mol. The molecule has 0 fully saturated rings. The standard InChI is InChI=1S/C28H31N3O3S/c1-3-4-8-18-34-25-16-14-22(15-17-25)26(32)31-28(35)30-24-13-9-12-23(19-24)27(33)29-20(2)21-10-6-5-7-11-21/h5-7,9-17,19-20H,3-4,8,18H2,1-2H3,(H,29,33)(H2,30,31,32,35). The highest BCUT2D eigenvalue weighted by atomic mass is 32.1. The number of carbonyl (C=O) groups is 2. The summed E-state index contributed by atoms with van der Waals surface area (Å²) in [6.45, 7) is 4.74. The van der Waals surface area contributed by atoms with Crippen molar-refractivity contribution in [3.8, 4) is 5.75 Å². The maximum atomic E-state index is 12.7.